The number of rotatable bonds is 5. The van der Waals surface area contributed by atoms with Crippen molar-refractivity contribution in [2.75, 3.05) is 0 Å². The Balaban J connectivity index is 1.54. The number of aryl methyl sites for hydroxylation is 2. The van der Waals surface area contributed by atoms with Crippen LogP contribution in [0, 0.1) is 0 Å². The van der Waals surface area contributed by atoms with Crippen LogP contribution in [-0.4, -0.2) is 4.98 Å². The van der Waals surface area contributed by atoms with Crippen molar-refractivity contribution < 1.29 is 0 Å². The zero-order valence-corrected chi connectivity index (χ0v) is 13.7. The third-order valence-corrected chi connectivity index (χ3v) is 4.66. The molecule has 0 aliphatic rings. The van der Waals surface area contributed by atoms with Crippen LogP contribution in [0.3, 0.4) is 0 Å². The zero-order chi connectivity index (χ0) is 16.2. The van der Waals surface area contributed by atoms with Crippen LogP contribution < -0.4 is 0 Å². The molecule has 118 valence electrons. The summed E-state index contributed by atoms with van der Waals surface area (Å²) >= 11 is 0. The zero-order valence-electron chi connectivity index (χ0n) is 13.7. The first-order valence-corrected chi connectivity index (χ1v) is 8.55. The first-order chi connectivity index (χ1) is 11.9. The second kappa shape index (κ2) is 6.76. The Hall–Kier alpha value is -2.80. The normalized spacial score (nSPS) is 11.0. The second-order valence-corrected chi connectivity index (χ2v) is 6.33. The molecule has 4 aromatic rings. The van der Waals surface area contributed by atoms with Crippen LogP contribution >= 0.6 is 0 Å². The fraction of sp³-hybridized carbons (Fsp3) is 0.130. The van der Waals surface area contributed by atoms with Crippen molar-refractivity contribution in [3.8, 4) is 0 Å². The summed E-state index contributed by atoms with van der Waals surface area (Å²) in [5, 5.41) is 1.29. The van der Waals surface area contributed by atoms with Crippen molar-refractivity contribution in [2.24, 2.45) is 0 Å². The van der Waals surface area contributed by atoms with Crippen molar-refractivity contribution in [1.82, 2.24) is 4.98 Å². The molecule has 0 atom stereocenters. The predicted molar refractivity (Wildman–Crippen MR) is 101 cm³/mol. The summed E-state index contributed by atoms with van der Waals surface area (Å²) in [6, 6.07) is 28.4. The average molecular weight is 311 g/mol. The SMILES string of the molecule is c1ccc(CCc2ccccc2Cc2ccc3[nH]ccc3c2)cc1. The maximum absolute atomic E-state index is 3.26. The Morgan fingerprint density at radius 2 is 1.42 bits per heavy atom. The molecule has 0 aliphatic carbocycles. The molecule has 1 heteroatoms. The van der Waals surface area contributed by atoms with Crippen molar-refractivity contribution >= 4 is 10.9 Å². The summed E-state index contributed by atoms with van der Waals surface area (Å²) in [4.78, 5) is 3.26. The molecule has 0 aliphatic heterocycles. The molecule has 0 saturated carbocycles. The molecule has 0 fully saturated rings. The van der Waals surface area contributed by atoms with E-state index in [4.69, 9.17) is 0 Å². The average Bonchev–Trinajstić information content (AvgIpc) is 3.10. The number of aromatic nitrogens is 1. The first-order valence-electron chi connectivity index (χ1n) is 8.55. The van der Waals surface area contributed by atoms with Crippen LogP contribution in [0.15, 0.2) is 85.1 Å². The maximum atomic E-state index is 3.26. The lowest BCUT2D eigenvalue weighted by molar-refractivity contribution is 0.937. The number of aromatic amines is 1. The van der Waals surface area contributed by atoms with Gasteiger partial charge in [-0.2, -0.15) is 0 Å². The Morgan fingerprint density at radius 1 is 0.625 bits per heavy atom. The monoisotopic (exact) mass is 311 g/mol. The maximum Gasteiger partial charge on any atom is 0.0454 e. The number of hydrogen-bond acceptors (Lipinski definition) is 0. The number of hydrogen-bond donors (Lipinski definition) is 1. The van der Waals surface area contributed by atoms with E-state index in [1.54, 1.807) is 0 Å². The highest BCUT2D eigenvalue weighted by Crippen LogP contribution is 2.20. The minimum absolute atomic E-state index is 0.992. The minimum Gasteiger partial charge on any atom is -0.361 e. The van der Waals surface area contributed by atoms with Gasteiger partial charge in [-0.1, -0.05) is 60.7 Å². The van der Waals surface area contributed by atoms with Crippen LogP contribution in [0.25, 0.3) is 10.9 Å². The molecule has 0 unspecified atom stereocenters. The van der Waals surface area contributed by atoms with Crippen molar-refractivity contribution in [1.29, 1.82) is 0 Å². The van der Waals surface area contributed by atoms with Gasteiger partial charge in [0.25, 0.3) is 0 Å². The van der Waals surface area contributed by atoms with E-state index < -0.39 is 0 Å². The summed E-state index contributed by atoms with van der Waals surface area (Å²) < 4.78 is 0. The van der Waals surface area contributed by atoms with Gasteiger partial charge in [-0.05, 0) is 65.1 Å². The highest BCUT2D eigenvalue weighted by atomic mass is 14.7. The summed E-state index contributed by atoms with van der Waals surface area (Å²) in [7, 11) is 0. The Bertz CT molecular complexity index is 934. The number of fused-ring (bicyclic) bond motifs is 1. The lowest BCUT2D eigenvalue weighted by atomic mass is 9.95. The van der Waals surface area contributed by atoms with Crippen LogP contribution in [0.4, 0.5) is 0 Å². The summed E-state index contributed by atoms with van der Waals surface area (Å²) in [6.07, 6.45) is 5.18. The van der Waals surface area contributed by atoms with Gasteiger partial charge in [-0.25, -0.2) is 0 Å². The number of nitrogens with one attached hydrogen (secondary N) is 1. The van der Waals surface area contributed by atoms with Crippen LogP contribution in [-0.2, 0) is 19.3 Å². The van der Waals surface area contributed by atoms with Gasteiger partial charge in [-0.3, -0.25) is 0 Å². The second-order valence-electron chi connectivity index (χ2n) is 6.33. The van der Waals surface area contributed by atoms with E-state index >= 15 is 0 Å². The predicted octanol–water partition coefficient (Wildman–Crippen LogP) is 5.54. The van der Waals surface area contributed by atoms with Gasteiger partial charge in [0.1, 0.15) is 0 Å². The molecule has 1 aromatic heterocycles. The van der Waals surface area contributed by atoms with E-state index in [2.05, 4.69) is 83.8 Å². The Morgan fingerprint density at radius 3 is 2.29 bits per heavy atom. The van der Waals surface area contributed by atoms with Crippen LogP contribution in [0.2, 0.25) is 0 Å². The number of H-pyrrole nitrogens is 1. The quantitative estimate of drug-likeness (QED) is 0.498. The fourth-order valence-electron chi connectivity index (χ4n) is 3.33. The molecule has 0 radical (unpaired) electrons. The molecule has 24 heavy (non-hydrogen) atoms. The van der Waals surface area contributed by atoms with Gasteiger partial charge in [-0.15, -0.1) is 0 Å². The largest absolute Gasteiger partial charge is 0.361 e. The molecule has 4 rings (SSSR count). The first kappa shape index (κ1) is 14.8. The van der Waals surface area contributed by atoms with Crippen molar-refractivity contribution in [3.63, 3.8) is 0 Å². The highest BCUT2D eigenvalue weighted by molar-refractivity contribution is 5.80. The van der Waals surface area contributed by atoms with E-state index in [9.17, 15) is 0 Å². The smallest absolute Gasteiger partial charge is 0.0454 e. The molecule has 0 spiro atoms. The molecule has 1 nitrogen and oxygen atoms in total. The molecule has 1 N–H and O–H groups in total. The Kier molecular flexibility index (Phi) is 4.16. The standard InChI is InChI=1S/C23H21N/c1-2-6-18(7-3-1)10-12-20-8-4-5-9-21(20)16-19-11-13-23-22(17-19)14-15-24-23/h1-9,11,13-15,17,24H,10,12,16H2. The third kappa shape index (κ3) is 3.26. The van der Waals surface area contributed by atoms with E-state index in [0.717, 1.165) is 19.3 Å². The lowest BCUT2D eigenvalue weighted by Crippen LogP contribution is -1.98. The van der Waals surface area contributed by atoms with Gasteiger partial charge in [0.15, 0.2) is 0 Å². The van der Waals surface area contributed by atoms with Crippen molar-refractivity contribution in [2.45, 2.75) is 19.3 Å². The third-order valence-electron chi connectivity index (χ3n) is 4.66. The van der Waals surface area contributed by atoms with Gasteiger partial charge >= 0.3 is 0 Å². The number of benzene rings is 3. The topological polar surface area (TPSA) is 15.8 Å². The molecule has 0 bridgehead atoms. The molecular formula is C23H21N. The highest BCUT2D eigenvalue weighted by Gasteiger charge is 2.05. The van der Waals surface area contributed by atoms with E-state index in [-0.39, 0.29) is 0 Å². The van der Waals surface area contributed by atoms with Crippen LogP contribution in [0.5, 0.6) is 0 Å². The van der Waals surface area contributed by atoms with Crippen LogP contribution in [0.1, 0.15) is 22.3 Å². The molecule has 1 heterocycles. The molecule has 0 amide bonds. The van der Waals surface area contributed by atoms with Gasteiger partial charge in [0.05, 0.1) is 0 Å². The minimum atomic E-state index is 0.992. The van der Waals surface area contributed by atoms with Gasteiger partial charge in [0, 0.05) is 11.7 Å². The summed E-state index contributed by atoms with van der Waals surface area (Å²) in [5.41, 5.74) is 6.87. The molecule has 3 aromatic carbocycles. The summed E-state index contributed by atoms with van der Waals surface area (Å²) in [6.45, 7) is 0. The molecular weight excluding hydrogens is 290 g/mol. The summed E-state index contributed by atoms with van der Waals surface area (Å²) in [5.74, 6) is 0. The Labute approximate surface area is 143 Å². The van der Waals surface area contributed by atoms with E-state index in [0.29, 0.717) is 0 Å². The van der Waals surface area contributed by atoms with Crippen molar-refractivity contribution in [3.05, 3.63) is 107 Å². The van der Waals surface area contributed by atoms with E-state index in [1.807, 2.05) is 6.20 Å². The van der Waals surface area contributed by atoms with Gasteiger partial charge < -0.3 is 4.98 Å². The van der Waals surface area contributed by atoms with E-state index in [1.165, 1.54) is 33.2 Å². The fourth-order valence-corrected chi connectivity index (χ4v) is 3.33. The molecule has 0 saturated heterocycles. The van der Waals surface area contributed by atoms with Gasteiger partial charge in [0.2, 0.25) is 0 Å². The lowest BCUT2D eigenvalue weighted by Gasteiger charge is -2.10.